The highest BCUT2D eigenvalue weighted by molar-refractivity contribution is 7.41. The van der Waals surface area contributed by atoms with Gasteiger partial charge in [0.2, 0.25) is 0 Å². The van der Waals surface area contributed by atoms with Gasteiger partial charge in [0.1, 0.15) is 5.75 Å². The molecule has 0 aliphatic rings. The Hall–Kier alpha value is -0.630. The molecule has 1 rings (SSSR count). The molecule has 19 heavy (non-hydrogen) atoms. The minimum atomic E-state index is -1.88. The fraction of sp³-hybridized carbons (Fsp3) is 0.600. The molecule has 0 aliphatic carbocycles. The van der Waals surface area contributed by atoms with Crippen molar-refractivity contribution < 1.29 is 13.9 Å². The molecule has 0 saturated carbocycles. The van der Waals surface area contributed by atoms with E-state index in [2.05, 4.69) is 41.5 Å². The second kappa shape index (κ2) is 6.21. The van der Waals surface area contributed by atoms with E-state index >= 15 is 0 Å². The van der Waals surface area contributed by atoms with Crippen molar-refractivity contribution in [3.8, 4) is 5.75 Å². The van der Waals surface area contributed by atoms with Crippen LogP contribution in [0.3, 0.4) is 0 Å². The van der Waals surface area contributed by atoms with Gasteiger partial charge < -0.3 is 13.9 Å². The van der Waals surface area contributed by atoms with Crippen LogP contribution in [0.5, 0.6) is 5.75 Å². The number of hydrogen-bond acceptors (Lipinski definition) is 3. The summed E-state index contributed by atoms with van der Waals surface area (Å²) in [6.45, 7) is 13.0. The van der Waals surface area contributed by atoms with Gasteiger partial charge in [-0.25, -0.2) is 0 Å². The summed E-state index contributed by atoms with van der Waals surface area (Å²) in [5.41, 5.74) is 1.04. The molecular weight excluding hydrogens is 259 g/mol. The van der Waals surface area contributed by atoms with E-state index in [1.165, 1.54) is 0 Å². The molecule has 0 radical (unpaired) electrons. The molecule has 108 valence electrons. The van der Waals surface area contributed by atoms with Crippen LogP contribution in [-0.4, -0.2) is 11.5 Å². The van der Waals surface area contributed by atoms with Gasteiger partial charge in [-0.2, -0.15) is 0 Å². The van der Waals surface area contributed by atoms with E-state index in [0.29, 0.717) is 12.4 Å². The van der Waals surface area contributed by atoms with Crippen molar-refractivity contribution in [3.63, 3.8) is 0 Å². The molecule has 0 saturated heterocycles. The van der Waals surface area contributed by atoms with E-state index in [9.17, 15) is 4.89 Å². The van der Waals surface area contributed by atoms with E-state index in [0.717, 1.165) is 5.56 Å². The Morgan fingerprint density at radius 2 is 1.63 bits per heavy atom. The Balaban J connectivity index is 2.72. The molecule has 0 aromatic heterocycles. The van der Waals surface area contributed by atoms with E-state index in [1.807, 2.05) is 24.3 Å². The number of hydrogen-bond donors (Lipinski definition) is 1. The molecule has 0 fully saturated rings. The Bertz CT molecular complexity index is 405. The van der Waals surface area contributed by atoms with Crippen molar-refractivity contribution in [1.82, 2.24) is 0 Å². The van der Waals surface area contributed by atoms with Gasteiger partial charge in [-0.15, -0.1) is 0 Å². The van der Waals surface area contributed by atoms with Crippen molar-refractivity contribution in [2.45, 2.75) is 47.0 Å². The smallest absolute Gasteiger partial charge is 0.394 e. The van der Waals surface area contributed by atoms with Crippen LogP contribution in [0.2, 0.25) is 0 Å². The van der Waals surface area contributed by atoms with Gasteiger partial charge in [-0.05, 0) is 22.5 Å². The van der Waals surface area contributed by atoms with Crippen LogP contribution in [0, 0.1) is 5.41 Å². The van der Waals surface area contributed by atoms with Crippen LogP contribution in [0.4, 0.5) is 0 Å². The maximum absolute atomic E-state index is 9.88. The van der Waals surface area contributed by atoms with E-state index in [4.69, 9.17) is 9.05 Å². The summed E-state index contributed by atoms with van der Waals surface area (Å²) in [6, 6.07) is 7.76. The third-order valence-corrected chi connectivity index (χ3v) is 3.18. The lowest BCUT2D eigenvalue weighted by Gasteiger charge is -2.24. The monoisotopic (exact) mass is 284 g/mol. The quantitative estimate of drug-likeness (QED) is 0.818. The van der Waals surface area contributed by atoms with Crippen molar-refractivity contribution in [1.29, 1.82) is 0 Å². The second-order valence-corrected chi connectivity index (χ2v) is 7.83. The Morgan fingerprint density at radius 3 is 2.16 bits per heavy atom. The molecule has 3 nitrogen and oxygen atoms in total. The average Bonchev–Trinajstić information content (AvgIpc) is 2.25. The molecule has 1 N–H and O–H groups in total. The second-order valence-electron chi connectivity index (χ2n) is 6.91. The summed E-state index contributed by atoms with van der Waals surface area (Å²) >= 11 is 0. The van der Waals surface area contributed by atoms with E-state index in [-0.39, 0.29) is 10.8 Å². The average molecular weight is 284 g/mol. The molecule has 1 unspecified atom stereocenters. The maximum atomic E-state index is 9.88. The number of rotatable bonds is 4. The van der Waals surface area contributed by atoms with E-state index < -0.39 is 8.60 Å². The zero-order chi connectivity index (χ0) is 14.7. The summed E-state index contributed by atoms with van der Waals surface area (Å²) in [5.74, 6) is 0.692. The fourth-order valence-corrected chi connectivity index (χ4v) is 2.40. The SMILES string of the molecule is CC(C)(C)COP(O)Oc1ccccc1C(C)(C)C. The Labute approximate surface area is 117 Å². The summed E-state index contributed by atoms with van der Waals surface area (Å²) in [7, 11) is -1.88. The molecule has 1 aromatic rings. The van der Waals surface area contributed by atoms with Gasteiger partial charge in [0.05, 0.1) is 6.61 Å². The highest BCUT2D eigenvalue weighted by atomic mass is 31.2. The summed E-state index contributed by atoms with van der Waals surface area (Å²) in [4.78, 5) is 9.88. The molecule has 0 bridgehead atoms. The lowest BCUT2D eigenvalue weighted by Crippen LogP contribution is -2.15. The zero-order valence-electron chi connectivity index (χ0n) is 12.7. The van der Waals surface area contributed by atoms with Crippen LogP contribution in [0.25, 0.3) is 0 Å². The molecule has 0 aliphatic heterocycles. The summed E-state index contributed by atoms with van der Waals surface area (Å²) in [6.07, 6.45) is 0. The first-order valence-electron chi connectivity index (χ1n) is 6.49. The standard InChI is InChI=1S/C15H25O3P/c1-14(2,3)11-17-19(16)18-13-10-8-7-9-12(13)15(4,5)6/h7-10,16H,11H2,1-6H3. The molecule has 0 amide bonds. The fourth-order valence-electron chi connectivity index (χ4n) is 1.53. The highest BCUT2D eigenvalue weighted by Gasteiger charge is 2.22. The van der Waals surface area contributed by atoms with Crippen LogP contribution in [0.1, 0.15) is 47.1 Å². The normalized spacial score (nSPS) is 14.3. The van der Waals surface area contributed by atoms with Crippen LogP contribution < -0.4 is 4.52 Å². The zero-order valence-corrected chi connectivity index (χ0v) is 13.6. The molecule has 0 spiro atoms. The van der Waals surface area contributed by atoms with E-state index in [1.54, 1.807) is 0 Å². The predicted octanol–water partition coefficient (Wildman–Crippen LogP) is 4.64. The van der Waals surface area contributed by atoms with Gasteiger partial charge in [-0.1, -0.05) is 59.7 Å². The maximum Gasteiger partial charge on any atom is 0.394 e. The molecule has 1 atom stereocenters. The summed E-state index contributed by atoms with van der Waals surface area (Å²) in [5, 5.41) is 0. The Kier molecular flexibility index (Phi) is 5.37. The van der Waals surface area contributed by atoms with Gasteiger partial charge in [-0.3, -0.25) is 0 Å². The van der Waals surface area contributed by atoms with Crippen LogP contribution in [-0.2, 0) is 9.94 Å². The summed E-state index contributed by atoms with van der Waals surface area (Å²) < 4.78 is 10.9. The molecule has 4 heteroatoms. The number of para-hydroxylation sites is 1. The molecular formula is C15H25O3P. The van der Waals surface area contributed by atoms with Gasteiger partial charge in [0.15, 0.2) is 0 Å². The first-order chi connectivity index (χ1) is 8.59. The van der Waals surface area contributed by atoms with Crippen LogP contribution >= 0.6 is 8.60 Å². The molecule has 1 aromatic carbocycles. The topological polar surface area (TPSA) is 38.7 Å². The first-order valence-corrected chi connectivity index (χ1v) is 7.62. The minimum Gasteiger partial charge on any atom is -0.427 e. The first kappa shape index (κ1) is 16.4. The largest absolute Gasteiger partial charge is 0.427 e. The predicted molar refractivity (Wildman–Crippen MR) is 80.3 cm³/mol. The number of benzene rings is 1. The third-order valence-electron chi connectivity index (χ3n) is 2.48. The minimum absolute atomic E-state index is 0.0101. The lowest BCUT2D eigenvalue weighted by molar-refractivity contribution is 0.175. The van der Waals surface area contributed by atoms with Crippen molar-refractivity contribution in [2.24, 2.45) is 5.41 Å². The van der Waals surface area contributed by atoms with Gasteiger partial charge >= 0.3 is 8.60 Å². The molecule has 0 heterocycles. The lowest BCUT2D eigenvalue weighted by atomic mass is 9.86. The van der Waals surface area contributed by atoms with Crippen molar-refractivity contribution in [3.05, 3.63) is 29.8 Å². The van der Waals surface area contributed by atoms with Crippen molar-refractivity contribution in [2.75, 3.05) is 6.61 Å². The Morgan fingerprint density at radius 1 is 1.05 bits per heavy atom. The van der Waals surface area contributed by atoms with Crippen molar-refractivity contribution >= 4 is 8.60 Å². The van der Waals surface area contributed by atoms with Gasteiger partial charge in [0.25, 0.3) is 0 Å². The highest BCUT2D eigenvalue weighted by Crippen LogP contribution is 2.41. The third kappa shape index (κ3) is 5.90. The van der Waals surface area contributed by atoms with Gasteiger partial charge in [0, 0.05) is 0 Å². The van der Waals surface area contributed by atoms with Crippen LogP contribution in [0.15, 0.2) is 24.3 Å².